The Hall–Kier alpha value is -3.58. The molecule has 5 rings (SSSR count). The molecule has 7 nitrogen and oxygen atoms in total. The number of hydrogen-bond donors (Lipinski definition) is 1. The monoisotopic (exact) mass is 427 g/mol. The number of pyridine rings is 2. The van der Waals surface area contributed by atoms with Crippen LogP contribution in [0.2, 0.25) is 0 Å². The second-order valence-corrected chi connectivity index (χ2v) is 8.22. The van der Waals surface area contributed by atoms with Gasteiger partial charge in [0.05, 0.1) is 11.2 Å². The summed E-state index contributed by atoms with van der Waals surface area (Å²) in [4.78, 5) is 23.4. The highest BCUT2D eigenvalue weighted by atomic mass is 16.5. The van der Waals surface area contributed by atoms with E-state index >= 15 is 0 Å². The summed E-state index contributed by atoms with van der Waals surface area (Å²) in [7, 11) is 0. The summed E-state index contributed by atoms with van der Waals surface area (Å²) >= 11 is 0. The van der Waals surface area contributed by atoms with Crippen molar-refractivity contribution < 1.29 is 9.32 Å². The van der Waals surface area contributed by atoms with E-state index < -0.39 is 0 Å². The van der Waals surface area contributed by atoms with Gasteiger partial charge in [0.1, 0.15) is 0 Å². The Balaban J connectivity index is 1.23. The third-order valence-corrected chi connectivity index (χ3v) is 6.01. The smallest absolute Gasteiger partial charge is 0.290 e. The van der Waals surface area contributed by atoms with E-state index in [-0.39, 0.29) is 17.6 Å². The zero-order chi connectivity index (χ0) is 21.8. The van der Waals surface area contributed by atoms with Crippen molar-refractivity contribution in [3.63, 3.8) is 0 Å². The van der Waals surface area contributed by atoms with Gasteiger partial charge in [0.25, 0.3) is 5.91 Å². The average molecular weight is 428 g/mol. The Kier molecular flexibility index (Phi) is 5.89. The molecule has 7 heteroatoms. The molecule has 3 aromatic heterocycles. The molecule has 1 fully saturated rings. The number of benzene rings is 1. The normalized spacial score (nSPS) is 16.8. The summed E-state index contributed by atoms with van der Waals surface area (Å²) in [5.41, 5.74) is 4.15. The number of nitrogens with zero attached hydrogens (tertiary/aromatic N) is 4. The molecule has 32 heavy (non-hydrogen) atoms. The molecule has 0 saturated carbocycles. The fraction of sp³-hybridized carbons (Fsp3) is 0.280. The van der Waals surface area contributed by atoms with Crippen molar-refractivity contribution in [2.75, 3.05) is 13.1 Å². The van der Waals surface area contributed by atoms with Crippen LogP contribution in [0.5, 0.6) is 0 Å². The summed E-state index contributed by atoms with van der Waals surface area (Å²) in [6.07, 6.45) is 7.42. The Morgan fingerprint density at radius 2 is 2.00 bits per heavy atom. The number of rotatable bonds is 6. The predicted molar refractivity (Wildman–Crippen MR) is 121 cm³/mol. The van der Waals surface area contributed by atoms with Gasteiger partial charge in [0.2, 0.25) is 5.76 Å². The predicted octanol–water partition coefficient (Wildman–Crippen LogP) is 3.93. The molecule has 4 aromatic rings. The number of para-hydroxylation sites is 1. The van der Waals surface area contributed by atoms with Gasteiger partial charge in [-0.25, -0.2) is 0 Å². The molecule has 162 valence electrons. The third-order valence-electron chi connectivity index (χ3n) is 6.01. The van der Waals surface area contributed by atoms with Gasteiger partial charge in [-0.1, -0.05) is 23.4 Å². The van der Waals surface area contributed by atoms with Gasteiger partial charge < -0.3 is 9.84 Å². The van der Waals surface area contributed by atoms with E-state index in [1.54, 1.807) is 18.5 Å². The molecular weight excluding hydrogens is 402 g/mol. The molecule has 4 heterocycles. The molecule has 1 aliphatic heterocycles. The first-order valence-electron chi connectivity index (χ1n) is 10.9. The molecule has 1 saturated heterocycles. The van der Waals surface area contributed by atoms with Crippen LogP contribution >= 0.6 is 0 Å². The first-order chi connectivity index (χ1) is 15.8. The summed E-state index contributed by atoms with van der Waals surface area (Å²) in [6.45, 7) is 3.23. The van der Waals surface area contributed by atoms with E-state index in [0.29, 0.717) is 6.54 Å². The van der Waals surface area contributed by atoms with Crippen LogP contribution in [-0.4, -0.2) is 39.0 Å². The lowest BCUT2D eigenvalue weighted by Crippen LogP contribution is -2.34. The molecule has 1 aromatic carbocycles. The number of aromatic nitrogens is 3. The van der Waals surface area contributed by atoms with Crippen molar-refractivity contribution >= 4 is 16.8 Å². The number of fused-ring (bicyclic) bond motifs is 1. The first-order valence-corrected chi connectivity index (χ1v) is 10.9. The molecule has 1 amide bonds. The molecule has 1 atom stereocenters. The van der Waals surface area contributed by atoms with Gasteiger partial charge in [0.15, 0.2) is 0 Å². The minimum Gasteiger partial charge on any atom is -0.351 e. The van der Waals surface area contributed by atoms with E-state index in [4.69, 9.17) is 4.52 Å². The van der Waals surface area contributed by atoms with E-state index in [1.165, 1.54) is 10.9 Å². The van der Waals surface area contributed by atoms with Crippen LogP contribution in [0.3, 0.4) is 0 Å². The topological polar surface area (TPSA) is 84.2 Å². The van der Waals surface area contributed by atoms with Crippen LogP contribution in [0.25, 0.3) is 10.9 Å². The van der Waals surface area contributed by atoms with E-state index in [2.05, 4.69) is 49.6 Å². The van der Waals surface area contributed by atoms with Gasteiger partial charge in [0, 0.05) is 55.6 Å². The minimum absolute atomic E-state index is 0.252. The van der Waals surface area contributed by atoms with Crippen molar-refractivity contribution in [3.05, 3.63) is 89.7 Å². The number of piperidine rings is 1. The maximum Gasteiger partial charge on any atom is 0.290 e. The van der Waals surface area contributed by atoms with E-state index in [9.17, 15) is 4.79 Å². The van der Waals surface area contributed by atoms with Crippen molar-refractivity contribution in [1.29, 1.82) is 0 Å². The molecule has 1 N–H and O–H groups in total. The quantitative estimate of drug-likeness (QED) is 0.502. The average Bonchev–Trinajstić information content (AvgIpc) is 3.34. The Labute approximate surface area is 186 Å². The van der Waals surface area contributed by atoms with Crippen LogP contribution in [0.15, 0.2) is 71.6 Å². The van der Waals surface area contributed by atoms with Gasteiger partial charge >= 0.3 is 0 Å². The highest BCUT2D eigenvalue weighted by molar-refractivity contribution is 5.91. The Bertz CT molecular complexity index is 1200. The number of amides is 1. The molecular formula is C25H25N5O2. The van der Waals surface area contributed by atoms with Gasteiger partial charge in [-0.2, -0.15) is 0 Å². The highest BCUT2D eigenvalue weighted by Gasteiger charge is 2.25. The molecule has 0 bridgehead atoms. The first kappa shape index (κ1) is 20.3. The lowest BCUT2D eigenvalue weighted by atomic mass is 9.94. The fourth-order valence-corrected chi connectivity index (χ4v) is 4.33. The molecule has 0 spiro atoms. The summed E-state index contributed by atoms with van der Waals surface area (Å²) in [5, 5.41) is 8.30. The van der Waals surface area contributed by atoms with Crippen LogP contribution in [0.1, 0.15) is 46.1 Å². The molecule has 0 radical (unpaired) electrons. The highest BCUT2D eigenvalue weighted by Crippen LogP contribution is 2.28. The second kappa shape index (κ2) is 9.28. The largest absolute Gasteiger partial charge is 0.351 e. The van der Waals surface area contributed by atoms with E-state index in [1.807, 2.05) is 24.4 Å². The second-order valence-electron chi connectivity index (χ2n) is 8.22. The lowest BCUT2D eigenvalue weighted by molar-refractivity contribution is 0.0913. The van der Waals surface area contributed by atoms with Gasteiger partial charge in [-0.05, 0) is 54.8 Å². The molecule has 1 aliphatic rings. The van der Waals surface area contributed by atoms with Crippen LogP contribution in [0.4, 0.5) is 0 Å². The maximum atomic E-state index is 12.5. The Morgan fingerprint density at radius 3 is 2.91 bits per heavy atom. The van der Waals surface area contributed by atoms with Crippen molar-refractivity contribution in [2.24, 2.45) is 0 Å². The summed E-state index contributed by atoms with van der Waals surface area (Å²) in [5.74, 6) is 0.255. The van der Waals surface area contributed by atoms with Crippen molar-refractivity contribution in [1.82, 2.24) is 25.3 Å². The number of carbonyl (C=O) groups excluding carboxylic acids is 1. The lowest BCUT2D eigenvalue weighted by Gasteiger charge is -2.32. The molecule has 0 unspecified atom stereocenters. The van der Waals surface area contributed by atoms with Crippen LogP contribution in [-0.2, 0) is 13.1 Å². The summed E-state index contributed by atoms with van der Waals surface area (Å²) < 4.78 is 5.38. The zero-order valence-electron chi connectivity index (χ0n) is 17.8. The van der Waals surface area contributed by atoms with Crippen LogP contribution < -0.4 is 5.32 Å². The summed E-state index contributed by atoms with van der Waals surface area (Å²) in [6, 6.07) is 15.9. The zero-order valence-corrected chi connectivity index (χ0v) is 17.8. The number of likely N-dealkylation sites (tertiary alicyclic amines) is 1. The van der Waals surface area contributed by atoms with Crippen molar-refractivity contribution in [3.8, 4) is 0 Å². The third kappa shape index (κ3) is 4.53. The fourth-order valence-electron chi connectivity index (χ4n) is 4.33. The SMILES string of the molecule is O=C(NCc1ccncc1)c1cc([C@H]2CCCN(Cc3ccnc4ccccc34)C2)no1. The minimum atomic E-state index is -0.253. The molecule has 0 aliphatic carbocycles. The van der Waals surface area contributed by atoms with Gasteiger partial charge in [-0.3, -0.25) is 19.7 Å². The van der Waals surface area contributed by atoms with Crippen LogP contribution in [0, 0.1) is 0 Å². The number of nitrogens with one attached hydrogen (secondary N) is 1. The standard InChI is InChI=1S/C25H25N5O2/c31-25(28-15-18-7-10-26-11-8-18)24-14-23(29-32-24)20-4-3-13-30(17-20)16-19-9-12-27-22-6-2-1-5-21(19)22/h1-2,5-12,14,20H,3-4,13,15-17H2,(H,28,31)/t20-/m0/s1. The van der Waals surface area contributed by atoms with Gasteiger partial charge in [-0.15, -0.1) is 0 Å². The van der Waals surface area contributed by atoms with E-state index in [0.717, 1.165) is 49.2 Å². The Morgan fingerprint density at radius 1 is 1.12 bits per heavy atom. The van der Waals surface area contributed by atoms with Crippen molar-refractivity contribution in [2.45, 2.75) is 31.8 Å². The maximum absolute atomic E-state index is 12.5. The number of hydrogen-bond acceptors (Lipinski definition) is 6. The number of carbonyl (C=O) groups is 1.